The predicted molar refractivity (Wildman–Crippen MR) is 71.3 cm³/mol. The summed E-state index contributed by atoms with van der Waals surface area (Å²) in [7, 11) is 0. The van der Waals surface area contributed by atoms with Gasteiger partial charge in [-0.25, -0.2) is 8.78 Å². The molecule has 0 spiro atoms. The molecule has 0 bridgehead atoms. The first-order valence-electron chi connectivity index (χ1n) is 6.96. The van der Waals surface area contributed by atoms with Crippen LogP contribution in [0.2, 0.25) is 0 Å². The Kier molecular flexibility index (Phi) is 5.06. The molecule has 0 radical (unpaired) electrons. The number of carbonyl (C=O) groups is 1. The van der Waals surface area contributed by atoms with Crippen molar-refractivity contribution in [3.8, 4) is 0 Å². The van der Waals surface area contributed by atoms with Crippen LogP contribution in [0, 0.1) is 11.6 Å². The zero-order chi connectivity index (χ0) is 14.5. The summed E-state index contributed by atoms with van der Waals surface area (Å²) in [6.07, 6.45) is 3.78. The summed E-state index contributed by atoms with van der Waals surface area (Å²) < 4.78 is 26.5. The zero-order valence-electron chi connectivity index (χ0n) is 11.3. The Labute approximate surface area is 117 Å². The Balaban J connectivity index is 1.87. The van der Waals surface area contributed by atoms with Gasteiger partial charge in [-0.1, -0.05) is 6.07 Å². The van der Waals surface area contributed by atoms with Crippen LogP contribution in [-0.4, -0.2) is 28.6 Å². The van der Waals surface area contributed by atoms with Crippen LogP contribution in [0.25, 0.3) is 0 Å². The molecule has 1 N–H and O–H groups in total. The second-order valence-electron chi connectivity index (χ2n) is 5.29. The van der Waals surface area contributed by atoms with Crippen molar-refractivity contribution in [2.75, 3.05) is 6.54 Å². The van der Waals surface area contributed by atoms with Crippen LogP contribution in [0.1, 0.15) is 37.7 Å². The summed E-state index contributed by atoms with van der Waals surface area (Å²) in [6.45, 7) is 1.22. The molecule has 0 unspecified atom stereocenters. The van der Waals surface area contributed by atoms with E-state index in [4.69, 9.17) is 5.11 Å². The molecule has 110 valence electrons. The average molecular weight is 283 g/mol. The van der Waals surface area contributed by atoms with Gasteiger partial charge in [0.05, 0.1) is 0 Å². The second-order valence-corrected chi connectivity index (χ2v) is 5.29. The third-order valence-electron chi connectivity index (χ3n) is 3.54. The Morgan fingerprint density at radius 2 is 2.05 bits per heavy atom. The van der Waals surface area contributed by atoms with Gasteiger partial charge in [0.25, 0.3) is 0 Å². The Hall–Kier alpha value is -1.49. The lowest BCUT2D eigenvalue weighted by atomic mass is 10.1. The van der Waals surface area contributed by atoms with Crippen LogP contribution in [0.3, 0.4) is 0 Å². The number of benzene rings is 1. The highest BCUT2D eigenvalue weighted by Gasteiger charge is 2.29. The van der Waals surface area contributed by atoms with Crippen LogP contribution in [0.4, 0.5) is 8.78 Å². The van der Waals surface area contributed by atoms with Gasteiger partial charge in [-0.15, -0.1) is 0 Å². The Morgan fingerprint density at radius 1 is 1.30 bits per heavy atom. The van der Waals surface area contributed by atoms with Crippen molar-refractivity contribution in [3.63, 3.8) is 0 Å². The molecule has 5 heteroatoms. The van der Waals surface area contributed by atoms with Crippen molar-refractivity contribution in [3.05, 3.63) is 35.4 Å². The highest BCUT2D eigenvalue weighted by Crippen LogP contribution is 2.29. The van der Waals surface area contributed by atoms with E-state index in [2.05, 4.69) is 4.90 Å². The first-order valence-corrected chi connectivity index (χ1v) is 6.96. The molecular weight excluding hydrogens is 264 g/mol. The van der Waals surface area contributed by atoms with E-state index in [1.807, 2.05) is 0 Å². The van der Waals surface area contributed by atoms with E-state index in [0.717, 1.165) is 31.9 Å². The first kappa shape index (κ1) is 14.9. The van der Waals surface area contributed by atoms with Gasteiger partial charge in [0.2, 0.25) is 0 Å². The van der Waals surface area contributed by atoms with E-state index in [-0.39, 0.29) is 6.42 Å². The lowest BCUT2D eigenvalue weighted by Gasteiger charge is -2.22. The number of rotatable bonds is 8. The highest BCUT2D eigenvalue weighted by molar-refractivity contribution is 5.66. The smallest absolute Gasteiger partial charge is 0.303 e. The molecule has 0 atom stereocenters. The van der Waals surface area contributed by atoms with Crippen molar-refractivity contribution in [2.24, 2.45) is 0 Å². The van der Waals surface area contributed by atoms with Gasteiger partial charge >= 0.3 is 5.97 Å². The number of hydrogen-bond acceptors (Lipinski definition) is 2. The molecule has 1 aromatic rings. The minimum Gasteiger partial charge on any atom is -0.481 e. The maximum Gasteiger partial charge on any atom is 0.303 e. The molecule has 1 aromatic carbocycles. The van der Waals surface area contributed by atoms with Gasteiger partial charge in [0, 0.05) is 30.6 Å². The molecule has 1 fully saturated rings. The number of unbranched alkanes of at least 4 members (excludes halogenated alkanes) is 1. The molecular formula is C15H19F2NO2. The van der Waals surface area contributed by atoms with Gasteiger partial charge in [0.1, 0.15) is 11.6 Å². The van der Waals surface area contributed by atoms with Gasteiger partial charge < -0.3 is 5.11 Å². The van der Waals surface area contributed by atoms with E-state index < -0.39 is 17.6 Å². The summed E-state index contributed by atoms with van der Waals surface area (Å²) in [5.74, 6) is -1.86. The number of halogens is 2. The molecule has 20 heavy (non-hydrogen) atoms. The van der Waals surface area contributed by atoms with Crippen LogP contribution in [-0.2, 0) is 11.3 Å². The van der Waals surface area contributed by atoms with E-state index >= 15 is 0 Å². The van der Waals surface area contributed by atoms with Gasteiger partial charge in [-0.05, 0) is 38.3 Å². The highest BCUT2D eigenvalue weighted by atomic mass is 19.1. The number of aliphatic carboxylic acids is 1. The molecule has 0 aliphatic heterocycles. The SMILES string of the molecule is O=C(O)CCCCN(Cc1ccc(F)cc1F)C1CC1. The Morgan fingerprint density at radius 3 is 2.65 bits per heavy atom. The standard InChI is InChI=1S/C15H19F2NO2/c16-12-5-4-11(14(17)9-12)10-18(13-6-7-13)8-2-1-3-15(19)20/h4-5,9,13H,1-3,6-8,10H2,(H,19,20). The summed E-state index contributed by atoms with van der Waals surface area (Å²) in [6, 6.07) is 4.13. The van der Waals surface area contributed by atoms with Crippen molar-refractivity contribution >= 4 is 5.97 Å². The van der Waals surface area contributed by atoms with Crippen LogP contribution < -0.4 is 0 Å². The quantitative estimate of drug-likeness (QED) is 0.745. The van der Waals surface area contributed by atoms with E-state index in [9.17, 15) is 13.6 Å². The van der Waals surface area contributed by atoms with Crippen LogP contribution in [0.5, 0.6) is 0 Å². The first-order chi connectivity index (χ1) is 9.56. The maximum atomic E-state index is 13.6. The molecule has 0 aromatic heterocycles. The fourth-order valence-corrected chi connectivity index (χ4v) is 2.29. The molecule has 2 rings (SSSR count). The fourth-order valence-electron chi connectivity index (χ4n) is 2.29. The third kappa shape index (κ3) is 4.56. The molecule has 0 saturated heterocycles. The molecule has 1 aliphatic carbocycles. The molecule has 1 aliphatic rings. The number of hydrogen-bond donors (Lipinski definition) is 1. The Bertz CT molecular complexity index is 475. The number of nitrogens with zero attached hydrogens (tertiary/aromatic N) is 1. The summed E-state index contributed by atoms with van der Waals surface area (Å²) in [5, 5.41) is 8.60. The van der Waals surface area contributed by atoms with Crippen molar-refractivity contribution in [2.45, 2.75) is 44.7 Å². The molecule has 0 amide bonds. The van der Waals surface area contributed by atoms with Crippen molar-refractivity contribution in [1.82, 2.24) is 4.90 Å². The lowest BCUT2D eigenvalue weighted by Crippen LogP contribution is -2.27. The van der Waals surface area contributed by atoms with Crippen LogP contribution >= 0.6 is 0 Å². The zero-order valence-corrected chi connectivity index (χ0v) is 11.3. The van der Waals surface area contributed by atoms with E-state index in [1.165, 1.54) is 12.1 Å². The summed E-state index contributed by atoms with van der Waals surface area (Å²) >= 11 is 0. The van der Waals surface area contributed by atoms with Gasteiger partial charge in [0.15, 0.2) is 0 Å². The van der Waals surface area contributed by atoms with Gasteiger partial charge in [-0.2, -0.15) is 0 Å². The minimum atomic E-state index is -0.785. The average Bonchev–Trinajstić information content (AvgIpc) is 3.19. The lowest BCUT2D eigenvalue weighted by molar-refractivity contribution is -0.137. The normalized spacial score (nSPS) is 14.8. The monoisotopic (exact) mass is 283 g/mol. The maximum absolute atomic E-state index is 13.6. The number of carboxylic acids is 1. The minimum absolute atomic E-state index is 0.170. The summed E-state index contributed by atoms with van der Waals surface area (Å²) in [5.41, 5.74) is 0.497. The van der Waals surface area contributed by atoms with E-state index in [0.29, 0.717) is 24.6 Å². The predicted octanol–water partition coefficient (Wildman–Crippen LogP) is 3.18. The third-order valence-corrected chi connectivity index (χ3v) is 3.54. The van der Waals surface area contributed by atoms with E-state index in [1.54, 1.807) is 0 Å². The molecule has 3 nitrogen and oxygen atoms in total. The van der Waals surface area contributed by atoms with Crippen molar-refractivity contribution in [1.29, 1.82) is 0 Å². The topological polar surface area (TPSA) is 40.5 Å². The van der Waals surface area contributed by atoms with Crippen LogP contribution in [0.15, 0.2) is 18.2 Å². The van der Waals surface area contributed by atoms with Gasteiger partial charge in [-0.3, -0.25) is 9.69 Å². The largest absolute Gasteiger partial charge is 0.481 e. The summed E-state index contributed by atoms with van der Waals surface area (Å²) in [4.78, 5) is 12.6. The fraction of sp³-hybridized carbons (Fsp3) is 0.533. The second kappa shape index (κ2) is 6.79. The molecule has 0 heterocycles. The number of carboxylic acid groups (broad SMARTS) is 1. The molecule has 1 saturated carbocycles. The van der Waals surface area contributed by atoms with Crippen molar-refractivity contribution < 1.29 is 18.7 Å².